The van der Waals surface area contributed by atoms with Gasteiger partial charge < -0.3 is 0 Å². The molecule has 8 nitrogen and oxygen atoms in total. The molecular formula is C8H10N2O6S2. The Labute approximate surface area is 104 Å². The molecule has 1 rings (SSSR count). The van der Waals surface area contributed by atoms with E-state index in [-0.39, 0.29) is 10.6 Å². The van der Waals surface area contributed by atoms with Gasteiger partial charge in [-0.3, -0.25) is 10.1 Å². The number of nitrogens with zero attached hydrogens (tertiary/aromatic N) is 1. The summed E-state index contributed by atoms with van der Waals surface area (Å²) in [6.07, 6.45) is 0. The molecule has 0 unspecified atom stereocenters. The van der Waals surface area contributed by atoms with E-state index in [1.807, 2.05) is 0 Å². The maximum atomic E-state index is 11.7. The molecule has 0 spiro atoms. The molecule has 0 amide bonds. The fraction of sp³-hybridized carbons (Fsp3) is 0.250. The van der Waals surface area contributed by atoms with E-state index in [1.165, 1.54) is 6.07 Å². The number of nitro groups is 1. The zero-order valence-corrected chi connectivity index (χ0v) is 10.6. The molecule has 0 heterocycles. The van der Waals surface area contributed by atoms with Gasteiger partial charge in [0.1, 0.15) is 0 Å². The minimum absolute atomic E-state index is 0.305. The Morgan fingerprint density at radius 3 is 2.28 bits per heavy atom. The number of benzene rings is 1. The van der Waals surface area contributed by atoms with Gasteiger partial charge in [0, 0.05) is 12.1 Å². The number of hydrogen-bond acceptors (Lipinski definition) is 6. The van der Waals surface area contributed by atoms with Crippen molar-refractivity contribution < 1.29 is 21.8 Å². The SMILES string of the molecule is NS(=O)(=O)CCS(=O)(=O)c1cccc([N+](=O)[O-])c1. The van der Waals surface area contributed by atoms with Crippen molar-refractivity contribution in [1.29, 1.82) is 0 Å². The summed E-state index contributed by atoms with van der Waals surface area (Å²) >= 11 is 0. The first-order valence-corrected chi connectivity index (χ1v) is 7.96. The maximum Gasteiger partial charge on any atom is 0.270 e. The fourth-order valence-electron chi connectivity index (χ4n) is 1.13. The predicted octanol–water partition coefficient (Wildman–Crippen LogP) is -0.343. The van der Waals surface area contributed by atoms with Crippen molar-refractivity contribution in [1.82, 2.24) is 0 Å². The molecule has 0 aliphatic carbocycles. The zero-order chi connectivity index (χ0) is 14.0. The van der Waals surface area contributed by atoms with Crippen LogP contribution >= 0.6 is 0 Å². The van der Waals surface area contributed by atoms with Crippen molar-refractivity contribution in [3.05, 3.63) is 34.4 Å². The van der Waals surface area contributed by atoms with Gasteiger partial charge >= 0.3 is 0 Å². The minimum atomic E-state index is -3.91. The van der Waals surface area contributed by atoms with Crippen LogP contribution in [0.1, 0.15) is 0 Å². The first-order valence-electron chi connectivity index (χ1n) is 4.59. The summed E-state index contributed by atoms with van der Waals surface area (Å²) in [6, 6.07) is 4.38. The van der Waals surface area contributed by atoms with Crippen LogP contribution in [0.5, 0.6) is 0 Å². The smallest absolute Gasteiger partial charge is 0.258 e. The summed E-state index contributed by atoms with van der Waals surface area (Å²) in [5, 5.41) is 15.2. The highest BCUT2D eigenvalue weighted by Gasteiger charge is 2.19. The number of nitro benzene ring substituents is 1. The van der Waals surface area contributed by atoms with Crippen LogP contribution in [-0.2, 0) is 19.9 Å². The lowest BCUT2D eigenvalue weighted by atomic mass is 10.3. The number of sulfonamides is 1. The number of rotatable bonds is 5. The van der Waals surface area contributed by atoms with Gasteiger partial charge in [-0.05, 0) is 6.07 Å². The molecule has 0 bridgehead atoms. The molecule has 0 saturated heterocycles. The van der Waals surface area contributed by atoms with Gasteiger partial charge in [-0.2, -0.15) is 0 Å². The molecule has 2 N–H and O–H groups in total. The molecule has 0 radical (unpaired) electrons. The standard InChI is InChI=1S/C8H10N2O6S2/c9-18(15,16)5-4-17(13,14)8-3-1-2-7(6-8)10(11)12/h1-3,6H,4-5H2,(H2,9,15,16). The summed E-state index contributed by atoms with van der Waals surface area (Å²) in [6.45, 7) is 0. The van der Waals surface area contributed by atoms with Crippen LogP contribution in [0.15, 0.2) is 29.2 Å². The lowest BCUT2D eigenvalue weighted by Gasteiger charge is -2.03. The second-order valence-electron chi connectivity index (χ2n) is 3.44. The van der Waals surface area contributed by atoms with Crippen molar-refractivity contribution in [2.75, 3.05) is 11.5 Å². The Kier molecular flexibility index (Phi) is 4.04. The number of hydrogen-bond donors (Lipinski definition) is 1. The molecule has 0 aliphatic heterocycles. The molecule has 0 fully saturated rings. The lowest BCUT2D eigenvalue weighted by Crippen LogP contribution is -2.23. The average Bonchev–Trinajstić information content (AvgIpc) is 2.26. The topological polar surface area (TPSA) is 137 Å². The van der Waals surface area contributed by atoms with Crippen LogP contribution < -0.4 is 5.14 Å². The third-order valence-electron chi connectivity index (χ3n) is 2.02. The largest absolute Gasteiger partial charge is 0.270 e. The normalized spacial score (nSPS) is 12.3. The van der Waals surface area contributed by atoms with Gasteiger partial charge in [-0.15, -0.1) is 0 Å². The van der Waals surface area contributed by atoms with Crippen LogP contribution in [0.4, 0.5) is 5.69 Å². The van der Waals surface area contributed by atoms with Crippen LogP contribution in [-0.4, -0.2) is 33.3 Å². The van der Waals surface area contributed by atoms with Crippen molar-refractivity contribution >= 4 is 25.5 Å². The van der Waals surface area contributed by atoms with Crippen LogP contribution in [0.2, 0.25) is 0 Å². The van der Waals surface area contributed by atoms with E-state index in [0.29, 0.717) is 0 Å². The molecule has 0 atom stereocenters. The molecule has 0 aromatic heterocycles. The summed E-state index contributed by atoms with van der Waals surface area (Å²) in [5.41, 5.74) is -0.383. The maximum absolute atomic E-state index is 11.7. The highest BCUT2D eigenvalue weighted by Crippen LogP contribution is 2.18. The van der Waals surface area contributed by atoms with Crippen LogP contribution in [0.25, 0.3) is 0 Å². The number of non-ortho nitro benzene ring substituents is 1. The lowest BCUT2D eigenvalue weighted by molar-refractivity contribution is -0.385. The number of nitrogens with two attached hydrogens (primary N) is 1. The Morgan fingerprint density at radius 2 is 1.78 bits per heavy atom. The summed E-state index contributed by atoms with van der Waals surface area (Å²) in [7, 11) is -7.82. The van der Waals surface area contributed by atoms with Gasteiger partial charge in [-0.25, -0.2) is 22.0 Å². The second kappa shape index (κ2) is 5.00. The van der Waals surface area contributed by atoms with Crippen LogP contribution in [0.3, 0.4) is 0 Å². The summed E-state index contributed by atoms with van der Waals surface area (Å²) < 4.78 is 44.8. The molecular weight excluding hydrogens is 284 g/mol. The summed E-state index contributed by atoms with van der Waals surface area (Å²) in [4.78, 5) is 9.45. The molecule has 100 valence electrons. The zero-order valence-electron chi connectivity index (χ0n) is 9.01. The van der Waals surface area contributed by atoms with Gasteiger partial charge in [-0.1, -0.05) is 6.07 Å². The molecule has 18 heavy (non-hydrogen) atoms. The van der Waals surface area contributed by atoms with Gasteiger partial charge in [0.2, 0.25) is 10.0 Å². The quantitative estimate of drug-likeness (QED) is 0.582. The molecule has 1 aromatic rings. The van der Waals surface area contributed by atoms with E-state index >= 15 is 0 Å². The molecule has 0 aliphatic rings. The third-order valence-corrected chi connectivity index (χ3v) is 4.77. The van der Waals surface area contributed by atoms with Crippen LogP contribution in [0, 0.1) is 10.1 Å². The highest BCUT2D eigenvalue weighted by molar-refractivity contribution is 7.94. The second-order valence-corrected chi connectivity index (χ2v) is 7.28. The number of sulfone groups is 1. The third kappa shape index (κ3) is 4.05. The summed E-state index contributed by atoms with van der Waals surface area (Å²) in [5.74, 6) is -1.45. The average molecular weight is 294 g/mol. The van der Waals surface area contributed by atoms with Gasteiger partial charge in [0.05, 0.1) is 21.3 Å². The molecule has 0 saturated carbocycles. The van der Waals surface area contributed by atoms with Crippen molar-refractivity contribution in [3.8, 4) is 0 Å². The van der Waals surface area contributed by atoms with E-state index in [0.717, 1.165) is 18.2 Å². The Morgan fingerprint density at radius 1 is 1.17 bits per heavy atom. The minimum Gasteiger partial charge on any atom is -0.258 e. The Bertz CT molecular complexity index is 665. The van der Waals surface area contributed by atoms with Crippen molar-refractivity contribution in [2.24, 2.45) is 5.14 Å². The predicted molar refractivity (Wildman–Crippen MR) is 63.1 cm³/mol. The van der Waals surface area contributed by atoms with E-state index in [2.05, 4.69) is 0 Å². The first-order chi connectivity index (χ1) is 8.12. The Balaban J connectivity index is 3.06. The first kappa shape index (κ1) is 14.5. The molecule has 10 heteroatoms. The van der Waals surface area contributed by atoms with Crippen molar-refractivity contribution in [3.63, 3.8) is 0 Å². The van der Waals surface area contributed by atoms with Gasteiger partial charge in [0.25, 0.3) is 5.69 Å². The monoisotopic (exact) mass is 294 g/mol. The van der Waals surface area contributed by atoms with E-state index in [1.54, 1.807) is 0 Å². The van der Waals surface area contributed by atoms with E-state index < -0.39 is 36.3 Å². The highest BCUT2D eigenvalue weighted by atomic mass is 32.2. The van der Waals surface area contributed by atoms with E-state index in [4.69, 9.17) is 5.14 Å². The Hall–Kier alpha value is -1.52. The van der Waals surface area contributed by atoms with E-state index in [9.17, 15) is 26.9 Å². The van der Waals surface area contributed by atoms with Crippen molar-refractivity contribution in [2.45, 2.75) is 4.90 Å². The molecule has 1 aromatic carbocycles. The van der Waals surface area contributed by atoms with Gasteiger partial charge in [0.15, 0.2) is 9.84 Å². The number of primary sulfonamides is 1. The fourth-order valence-corrected chi connectivity index (χ4v) is 3.76.